The lowest BCUT2D eigenvalue weighted by Gasteiger charge is -2.24. The molecule has 0 aromatic heterocycles. The van der Waals surface area contributed by atoms with Crippen LogP contribution in [0.5, 0.6) is 0 Å². The molecule has 0 amide bonds. The highest BCUT2D eigenvalue weighted by Crippen LogP contribution is 2.36. The number of hydrogen-bond acceptors (Lipinski definition) is 5. The summed E-state index contributed by atoms with van der Waals surface area (Å²) < 4.78 is 24.3. The zero-order chi connectivity index (χ0) is 19.9. The van der Waals surface area contributed by atoms with Gasteiger partial charge in [0.15, 0.2) is 9.84 Å². The van der Waals surface area contributed by atoms with Gasteiger partial charge in [-0.3, -0.25) is 10.1 Å². The average Bonchev–Trinajstić information content (AvgIpc) is 2.84. The van der Waals surface area contributed by atoms with Crippen LogP contribution in [0.3, 0.4) is 0 Å². The monoisotopic (exact) mass is 394 g/mol. The van der Waals surface area contributed by atoms with Gasteiger partial charge in [0.05, 0.1) is 4.92 Å². The van der Waals surface area contributed by atoms with Gasteiger partial charge in [-0.25, -0.2) is 8.42 Å². The normalized spacial score (nSPS) is 13.4. The molecule has 0 saturated heterocycles. The minimum atomic E-state index is -3.74. The van der Waals surface area contributed by atoms with Crippen LogP contribution in [0.4, 0.5) is 11.4 Å². The van der Waals surface area contributed by atoms with E-state index in [4.69, 9.17) is 0 Å². The van der Waals surface area contributed by atoms with Gasteiger partial charge in [0, 0.05) is 31.1 Å². The molecule has 0 unspecified atom stereocenters. The van der Waals surface area contributed by atoms with Gasteiger partial charge in [0.1, 0.15) is 4.90 Å². The molecule has 7 heteroatoms. The maximum Gasteiger partial charge on any atom is 0.288 e. The second kappa shape index (κ2) is 6.76. The molecule has 0 bridgehead atoms. The van der Waals surface area contributed by atoms with Crippen molar-refractivity contribution < 1.29 is 13.3 Å². The van der Waals surface area contributed by atoms with E-state index in [9.17, 15) is 18.5 Å². The standard InChI is InChI=1S/C21H18N2O4S/c1-28(26,27)21-12-17(10-11-20(21)23(24)25)22-13-15-6-2-4-8-18(15)19-9-5-3-7-16(19)14-22/h2-12H,13-14H2,1H3. The predicted molar refractivity (Wildman–Crippen MR) is 108 cm³/mol. The third-order valence-electron chi connectivity index (χ3n) is 4.95. The molecule has 3 aromatic rings. The molecule has 0 atom stereocenters. The van der Waals surface area contributed by atoms with E-state index in [2.05, 4.69) is 12.1 Å². The van der Waals surface area contributed by atoms with Crippen molar-refractivity contribution >= 4 is 21.2 Å². The second-order valence-corrected chi connectivity index (χ2v) is 8.84. The van der Waals surface area contributed by atoms with Crippen LogP contribution in [-0.4, -0.2) is 19.6 Å². The molecular formula is C21H18N2O4S. The Morgan fingerprint density at radius 3 is 1.93 bits per heavy atom. The fourth-order valence-electron chi connectivity index (χ4n) is 3.64. The van der Waals surface area contributed by atoms with Crippen molar-refractivity contribution in [3.05, 3.63) is 88.0 Å². The van der Waals surface area contributed by atoms with Crippen molar-refractivity contribution in [2.24, 2.45) is 0 Å². The van der Waals surface area contributed by atoms with Gasteiger partial charge in [-0.05, 0) is 34.4 Å². The number of hydrogen-bond donors (Lipinski definition) is 0. The molecule has 28 heavy (non-hydrogen) atoms. The first kappa shape index (κ1) is 18.2. The molecule has 142 valence electrons. The van der Waals surface area contributed by atoms with E-state index in [0.29, 0.717) is 18.8 Å². The first-order chi connectivity index (χ1) is 13.3. The Kier molecular flexibility index (Phi) is 4.39. The molecule has 0 radical (unpaired) electrons. The van der Waals surface area contributed by atoms with E-state index in [0.717, 1.165) is 28.5 Å². The lowest BCUT2D eigenvalue weighted by atomic mass is 9.97. The Morgan fingerprint density at radius 1 is 0.893 bits per heavy atom. The zero-order valence-electron chi connectivity index (χ0n) is 15.2. The molecule has 0 spiro atoms. The number of nitrogens with zero attached hydrogens (tertiary/aromatic N) is 2. The predicted octanol–water partition coefficient (Wildman–Crippen LogP) is 4.19. The Bertz CT molecular complexity index is 1140. The molecule has 1 aliphatic rings. The molecule has 0 saturated carbocycles. The van der Waals surface area contributed by atoms with Crippen LogP contribution in [-0.2, 0) is 22.9 Å². The first-order valence-electron chi connectivity index (χ1n) is 8.74. The Hall–Kier alpha value is -3.19. The van der Waals surface area contributed by atoms with Crippen LogP contribution in [0.25, 0.3) is 11.1 Å². The maximum absolute atomic E-state index is 12.1. The lowest BCUT2D eigenvalue weighted by Crippen LogP contribution is -2.21. The number of sulfone groups is 1. The summed E-state index contributed by atoms with van der Waals surface area (Å²) in [5, 5.41) is 11.3. The van der Waals surface area contributed by atoms with Crippen molar-refractivity contribution in [2.45, 2.75) is 18.0 Å². The van der Waals surface area contributed by atoms with Crippen LogP contribution in [0.2, 0.25) is 0 Å². The van der Waals surface area contributed by atoms with Crippen LogP contribution < -0.4 is 4.90 Å². The van der Waals surface area contributed by atoms with Crippen molar-refractivity contribution in [3.8, 4) is 11.1 Å². The summed E-state index contributed by atoms with van der Waals surface area (Å²) in [6.45, 7) is 1.15. The fourth-order valence-corrected chi connectivity index (χ4v) is 4.50. The Labute approximate surface area is 163 Å². The lowest BCUT2D eigenvalue weighted by molar-refractivity contribution is -0.387. The van der Waals surface area contributed by atoms with Crippen molar-refractivity contribution in [2.75, 3.05) is 11.2 Å². The molecule has 4 rings (SSSR count). The van der Waals surface area contributed by atoms with E-state index in [1.165, 1.54) is 12.1 Å². The molecule has 0 aliphatic carbocycles. The molecule has 1 heterocycles. The van der Waals surface area contributed by atoms with E-state index in [1.807, 2.05) is 41.3 Å². The van der Waals surface area contributed by atoms with E-state index >= 15 is 0 Å². The summed E-state index contributed by atoms with van der Waals surface area (Å²) in [6.07, 6.45) is 0.992. The Balaban J connectivity index is 1.86. The number of fused-ring (bicyclic) bond motifs is 3. The number of nitro benzene ring substituents is 1. The third-order valence-corrected chi connectivity index (χ3v) is 6.08. The summed E-state index contributed by atoms with van der Waals surface area (Å²) >= 11 is 0. The molecule has 6 nitrogen and oxygen atoms in total. The molecule has 1 aliphatic heterocycles. The number of benzene rings is 3. The SMILES string of the molecule is CS(=O)(=O)c1cc(N2Cc3ccccc3-c3ccccc3C2)ccc1[N+](=O)[O-]. The second-order valence-electron chi connectivity index (χ2n) is 6.85. The van der Waals surface area contributed by atoms with Gasteiger partial charge in [0.2, 0.25) is 0 Å². The summed E-state index contributed by atoms with van der Waals surface area (Å²) in [5.41, 5.74) is 4.76. The van der Waals surface area contributed by atoms with Crippen LogP contribution in [0, 0.1) is 10.1 Å². The fraction of sp³-hybridized carbons (Fsp3) is 0.143. The molecule has 0 N–H and O–H groups in total. The first-order valence-corrected chi connectivity index (χ1v) is 10.6. The quantitative estimate of drug-likeness (QED) is 0.492. The van der Waals surface area contributed by atoms with E-state index < -0.39 is 20.4 Å². The molecular weight excluding hydrogens is 376 g/mol. The average molecular weight is 394 g/mol. The minimum Gasteiger partial charge on any atom is -0.363 e. The number of nitro groups is 1. The van der Waals surface area contributed by atoms with Crippen LogP contribution >= 0.6 is 0 Å². The van der Waals surface area contributed by atoms with Gasteiger partial charge in [0.25, 0.3) is 5.69 Å². The largest absolute Gasteiger partial charge is 0.363 e. The maximum atomic E-state index is 12.1. The van der Waals surface area contributed by atoms with Gasteiger partial charge < -0.3 is 4.90 Å². The van der Waals surface area contributed by atoms with Crippen LogP contribution in [0.1, 0.15) is 11.1 Å². The van der Waals surface area contributed by atoms with Gasteiger partial charge in [-0.15, -0.1) is 0 Å². The van der Waals surface area contributed by atoms with Crippen molar-refractivity contribution in [1.82, 2.24) is 0 Å². The minimum absolute atomic E-state index is 0.263. The van der Waals surface area contributed by atoms with E-state index in [-0.39, 0.29) is 4.90 Å². The Morgan fingerprint density at radius 2 is 1.43 bits per heavy atom. The van der Waals surface area contributed by atoms with Crippen molar-refractivity contribution in [1.29, 1.82) is 0 Å². The highest BCUT2D eigenvalue weighted by Gasteiger charge is 2.25. The summed E-state index contributed by atoms with van der Waals surface area (Å²) in [5.74, 6) is 0. The highest BCUT2D eigenvalue weighted by molar-refractivity contribution is 7.90. The van der Waals surface area contributed by atoms with Crippen LogP contribution in [0.15, 0.2) is 71.6 Å². The third kappa shape index (κ3) is 3.25. The topological polar surface area (TPSA) is 80.5 Å². The van der Waals surface area contributed by atoms with Gasteiger partial charge in [-0.1, -0.05) is 48.5 Å². The molecule has 3 aromatic carbocycles. The highest BCUT2D eigenvalue weighted by atomic mass is 32.2. The molecule has 0 fully saturated rings. The number of rotatable bonds is 3. The van der Waals surface area contributed by atoms with E-state index in [1.54, 1.807) is 6.07 Å². The van der Waals surface area contributed by atoms with Crippen molar-refractivity contribution in [3.63, 3.8) is 0 Å². The summed E-state index contributed by atoms with van der Waals surface area (Å²) in [6, 6.07) is 20.5. The summed E-state index contributed by atoms with van der Waals surface area (Å²) in [7, 11) is -3.74. The zero-order valence-corrected chi connectivity index (χ0v) is 16.0. The summed E-state index contributed by atoms with van der Waals surface area (Å²) in [4.78, 5) is 12.4. The van der Waals surface area contributed by atoms with Gasteiger partial charge >= 0.3 is 0 Å². The number of anilines is 1. The van der Waals surface area contributed by atoms with Gasteiger partial charge in [-0.2, -0.15) is 0 Å². The smallest absolute Gasteiger partial charge is 0.288 e.